The average Bonchev–Trinajstić information content (AvgIpc) is 3.28. The summed E-state index contributed by atoms with van der Waals surface area (Å²) in [4.78, 5) is 46.9. The van der Waals surface area contributed by atoms with Crippen LogP contribution in [0.15, 0.2) is 122 Å². The lowest BCUT2D eigenvalue weighted by atomic mass is 9.97. The smallest absolute Gasteiger partial charge is 0.455 e. The van der Waals surface area contributed by atoms with E-state index >= 15 is 0 Å². The molecule has 5 aromatic heterocycles. The van der Waals surface area contributed by atoms with E-state index in [0.29, 0.717) is 76.0 Å². The largest absolute Gasteiger partial charge is 0.511 e. The first kappa shape index (κ1) is 47.3. The first-order chi connectivity index (χ1) is 30.8. The number of pyridine rings is 5. The van der Waals surface area contributed by atoms with Gasteiger partial charge in [-0.05, 0) is 62.4 Å². The Balaban J connectivity index is 0.000000216. The van der Waals surface area contributed by atoms with Gasteiger partial charge in [-0.15, -0.1) is 0 Å². The van der Waals surface area contributed by atoms with Gasteiger partial charge < -0.3 is 34.5 Å². The molecule has 0 aliphatic carbocycles. The molecule has 19 heteroatoms. The number of halogens is 5. The molecule has 330 valence electrons. The summed E-state index contributed by atoms with van der Waals surface area (Å²) in [5.74, 6) is 1.89. The highest BCUT2D eigenvalue weighted by Crippen LogP contribution is 2.42. The lowest BCUT2D eigenvalue weighted by molar-refractivity contribution is -0.00808. The van der Waals surface area contributed by atoms with Crippen LogP contribution in [0.4, 0.5) is 21.2 Å². The van der Waals surface area contributed by atoms with E-state index in [0.717, 1.165) is 5.39 Å². The van der Waals surface area contributed by atoms with Crippen molar-refractivity contribution in [2.75, 3.05) is 31.5 Å². The number of anilines is 2. The first-order valence-electron chi connectivity index (χ1n) is 19.3. The highest BCUT2D eigenvalue weighted by Gasteiger charge is 2.27. The molecular weight excluding hydrogens is 926 g/mol. The summed E-state index contributed by atoms with van der Waals surface area (Å²) in [7, 11) is 3.19. The predicted molar refractivity (Wildman–Crippen MR) is 249 cm³/mol. The molecule has 2 atom stereocenters. The standard InChI is InChI=1S/C25H22Cl2N4O4.C20H17Cl3N4O2/c1-15(2)35-25(32)34-14-33-24-17(9-8-16-6-5-11-30-22(16)24)23(31-20-7-3-4-10-29-20)18-12-28-13-19(26)21(18)27;1-27(2)20(28)29-16-7-6-12(21)9-13(16)19(26-17-5-3-4-8-25-17)14-10-24-11-15(22)18(14)23/h3-13,15,23H,14H2,1-2H3,(H,29,31);3-11,19H,1-2H3,(H,25,26). The van der Waals surface area contributed by atoms with Crippen molar-refractivity contribution in [2.24, 2.45) is 0 Å². The van der Waals surface area contributed by atoms with Gasteiger partial charge in [-0.1, -0.05) is 88.3 Å². The average molecular weight is 965 g/mol. The summed E-state index contributed by atoms with van der Waals surface area (Å²) in [6, 6.07) is 22.3. The van der Waals surface area contributed by atoms with E-state index in [1.54, 1.807) is 89.3 Å². The van der Waals surface area contributed by atoms with Gasteiger partial charge in [0.1, 0.15) is 22.9 Å². The van der Waals surface area contributed by atoms with E-state index in [-0.39, 0.29) is 12.9 Å². The number of hydrogen-bond donors (Lipinski definition) is 2. The van der Waals surface area contributed by atoms with Crippen LogP contribution < -0.4 is 20.1 Å². The van der Waals surface area contributed by atoms with E-state index in [4.69, 9.17) is 77.0 Å². The number of amides is 1. The highest BCUT2D eigenvalue weighted by atomic mass is 35.5. The molecule has 7 rings (SSSR count). The van der Waals surface area contributed by atoms with Gasteiger partial charge in [0.15, 0.2) is 5.75 Å². The Morgan fingerprint density at radius 3 is 1.83 bits per heavy atom. The number of rotatable bonds is 13. The van der Waals surface area contributed by atoms with Gasteiger partial charge in [0.25, 0.3) is 0 Å². The van der Waals surface area contributed by atoms with Crippen molar-refractivity contribution in [1.29, 1.82) is 0 Å². The molecule has 0 spiro atoms. The van der Waals surface area contributed by atoms with E-state index in [1.165, 1.54) is 17.3 Å². The minimum absolute atomic E-state index is 0.297. The van der Waals surface area contributed by atoms with Crippen molar-refractivity contribution in [3.63, 3.8) is 0 Å². The fourth-order valence-corrected chi connectivity index (χ4v) is 6.93. The van der Waals surface area contributed by atoms with Crippen LogP contribution in [0.3, 0.4) is 0 Å². The minimum atomic E-state index is -0.833. The Bertz CT molecular complexity index is 2700. The van der Waals surface area contributed by atoms with Crippen molar-refractivity contribution in [2.45, 2.75) is 32.0 Å². The Morgan fingerprint density at radius 2 is 1.27 bits per heavy atom. The number of carbonyl (C=O) groups is 2. The predicted octanol–water partition coefficient (Wildman–Crippen LogP) is 12.1. The van der Waals surface area contributed by atoms with Crippen LogP contribution in [-0.4, -0.2) is 69.1 Å². The Labute approximate surface area is 393 Å². The normalized spacial score (nSPS) is 11.7. The van der Waals surface area contributed by atoms with Crippen molar-refractivity contribution in [1.82, 2.24) is 29.8 Å². The Morgan fingerprint density at radius 1 is 0.672 bits per heavy atom. The van der Waals surface area contributed by atoms with Crippen LogP contribution in [0, 0.1) is 0 Å². The molecule has 0 radical (unpaired) electrons. The summed E-state index contributed by atoms with van der Waals surface area (Å²) in [6.07, 6.45) is 9.44. The Kier molecular flexibility index (Phi) is 16.6. The molecule has 64 heavy (non-hydrogen) atoms. The zero-order valence-electron chi connectivity index (χ0n) is 34.5. The van der Waals surface area contributed by atoms with Crippen molar-refractivity contribution in [3.8, 4) is 11.5 Å². The second-order valence-corrected chi connectivity index (χ2v) is 16.0. The summed E-state index contributed by atoms with van der Waals surface area (Å²) in [5, 5.41) is 9.22. The zero-order chi connectivity index (χ0) is 45.8. The third kappa shape index (κ3) is 12.3. The molecule has 2 N–H and O–H groups in total. The van der Waals surface area contributed by atoms with Gasteiger partial charge in [-0.25, -0.2) is 19.6 Å². The molecule has 0 saturated heterocycles. The summed E-state index contributed by atoms with van der Waals surface area (Å²) < 4.78 is 21.6. The van der Waals surface area contributed by atoms with Gasteiger partial charge >= 0.3 is 12.2 Å². The molecule has 14 nitrogen and oxygen atoms in total. The molecule has 0 saturated carbocycles. The second-order valence-electron chi connectivity index (χ2n) is 14.0. The molecule has 5 heterocycles. The van der Waals surface area contributed by atoms with Gasteiger partial charge in [-0.3, -0.25) is 15.0 Å². The third-order valence-electron chi connectivity index (χ3n) is 8.89. The maximum atomic E-state index is 12.2. The van der Waals surface area contributed by atoms with Gasteiger partial charge in [-0.2, -0.15) is 0 Å². The van der Waals surface area contributed by atoms with Crippen molar-refractivity contribution in [3.05, 3.63) is 170 Å². The number of ether oxygens (including phenoxy) is 4. The van der Waals surface area contributed by atoms with Crippen LogP contribution in [0.2, 0.25) is 25.1 Å². The van der Waals surface area contributed by atoms with E-state index < -0.39 is 24.3 Å². The molecule has 2 unspecified atom stereocenters. The monoisotopic (exact) mass is 962 g/mol. The maximum Gasteiger partial charge on any atom is 0.511 e. The Hall–Kier alpha value is -6.16. The van der Waals surface area contributed by atoms with Crippen LogP contribution in [0.25, 0.3) is 10.9 Å². The molecule has 0 bridgehead atoms. The topological polar surface area (TPSA) is 163 Å². The quantitative estimate of drug-likeness (QED) is 0.0830. The maximum absolute atomic E-state index is 12.2. The van der Waals surface area contributed by atoms with Crippen LogP contribution in [-0.2, 0) is 9.47 Å². The molecular formula is C45H39Cl5N8O6. The molecule has 0 aliphatic heterocycles. The number of nitrogens with one attached hydrogen (secondary N) is 2. The molecule has 2 aromatic carbocycles. The summed E-state index contributed by atoms with van der Waals surface area (Å²) in [6.45, 7) is 3.07. The first-order valence-corrected chi connectivity index (χ1v) is 21.1. The summed E-state index contributed by atoms with van der Waals surface area (Å²) in [5.41, 5.74) is 2.99. The fourth-order valence-electron chi connectivity index (χ4n) is 6.01. The zero-order valence-corrected chi connectivity index (χ0v) is 38.3. The van der Waals surface area contributed by atoms with E-state index in [2.05, 4.69) is 35.6 Å². The highest BCUT2D eigenvalue weighted by molar-refractivity contribution is 6.43. The van der Waals surface area contributed by atoms with Gasteiger partial charge in [0.2, 0.25) is 6.79 Å². The number of fused-ring (bicyclic) bond motifs is 1. The molecule has 0 aliphatic rings. The second kappa shape index (κ2) is 22.5. The number of hydrogen-bond acceptors (Lipinski definition) is 13. The summed E-state index contributed by atoms with van der Waals surface area (Å²) >= 11 is 31.8. The van der Waals surface area contributed by atoms with Gasteiger partial charge in [0, 0.05) is 90.1 Å². The minimum Gasteiger partial charge on any atom is -0.455 e. The van der Waals surface area contributed by atoms with Crippen molar-refractivity contribution < 1.29 is 28.5 Å². The van der Waals surface area contributed by atoms with E-state index in [1.807, 2.05) is 48.5 Å². The number of nitrogens with zero attached hydrogens (tertiary/aromatic N) is 6. The van der Waals surface area contributed by atoms with E-state index in [9.17, 15) is 9.59 Å². The molecule has 0 fully saturated rings. The van der Waals surface area contributed by atoms with Crippen LogP contribution in [0.5, 0.6) is 11.5 Å². The number of aromatic nitrogens is 5. The lowest BCUT2D eigenvalue weighted by Crippen LogP contribution is -2.26. The van der Waals surface area contributed by atoms with Gasteiger partial charge in [0.05, 0.1) is 38.3 Å². The van der Waals surface area contributed by atoms with Crippen molar-refractivity contribution >= 4 is 92.8 Å². The lowest BCUT2D eigenvalue weighted by Gasteiger charge is -2.24. The third-order valence-corrected chi connectivity index (χ3v) is 10.7. The SMILES string of the molecule is CC(C)OC(=O)OCOc1c(C(Nc2ccccn2)c2cncc(Cl)c2Cl)ccc2cccnc12.CN(C)C(=O)Oc1ccc(Cl)cc1C(Nc1ccccn1)c1cncc(Cl)c1Cl. The number of benzene rings is 2. The molecule has 1 amide bonds. The van der Waals surface area contributed by atoms with Crippen LogP contribution in [0.1, 0.15) is 48.2 Å². The number of carbonyl (C=O) groups excluding carboxylic acids is 2. The van der Waals surface area contributed by atoms with Crippen LogP contribution >= 0.6 is 58.0 Å². The fraction of sp³-hybridized carbons (Fsp3) is 0.178. The molecule has 7 aromatic rings.